The predicted octanol–water partition coefficient (Wildman–Crippen LogP) is 4.46. The number of fused-ring (bicyclic) bond motifs is 1. The first kappa shape index (κ1) is 32.1. The molecule has 0 aromatic heterocycles. The summed E-state index contributed by atoms with van der Waals surface area (Å²) in [5.41, 5.74) is 2.74. The summed E-state index contributed by atoms with van der Waals surface area (Å²) in [6.07, 6.45) is 4.54. The van der Waals surface area contributed by atoms with Crippen molar-refractivity contribution in [3.05, 3.63) is 71.2 Å². The summed E-state index contributed by atoms with van der Waals surface area (Å²) < 4.78 is 11.1. The highest BCUT2D eigenvalue weighted by Crippen LogP contribution is 2.46. The SMILES string of the molecule is C=N/C(=N\C1=C(C)N(C)C(=O)CCN1C1CCCC1)Nc1ccc(C(=O)NC2[C@H]3CN(C(=O)OCc4ccccc4)C[C@@H]23)cc1OC. The molecule has 0 radical (unpaired) electrons. The molecule has 6 rings (SSSR count). The number of carbonyl (C=O) groups is 3. The van der Waals surface area contributed by atoms with Crippen LogP contribution in [-0.4, -0.2) is 91.2 Å². The van der Waals surface area contributed by atoms with Crippen molar-refractivity contribution in [3.63, 3.8) is 0 Å². The number of benzene rings is 2. The molecule has 248 valence electrons. The first-order valence-corrected chi connectivity index (χ1v) is 16.3. The van der Waals surface area contributed by atoms with Crippen LogP contribution in [0.25, 0.3) is 0 Å². The Morgan fingerprint density at radius 2 is 1.79 bits per heavy atom. The van der Waals surface area contributed by atoms with Gasteiger partial charge < -0.3 is 34.8 Å². The Morgan fingerprint density at radius 3 is 2.47 bits per heavy atom. The minimum atomic E-state index is -0.326. The summed E-state index contributed by atoms with van der Waals surface area (Å²) in [6, 6.07) is 15.1. The zero-order chi connectivity index (χ0) is 33.1. The number of likely N-dealkylation sites (tertiary alicyclic amines) is 1. The Bertz CT molecular complexity index is 1570. The van der Waals surface area contributed by atoms with Gasteiger partial charge in [0.2, 0.25) is 11.9 Å². The molecule has 1 saturated heterocycles. The number of nitrogens with zero attached hydrogens (tertiary/aromatic N) is 5. The van der Waals surface area contributed by atoms with Gasteiger partial charge in [0.1, 0.15) is 12.4 Å². The number of hydrogen-bond acceptors (Lipinski definition) is 7. The van der Waals surface area contributed by atoms with E-state index in [-0.39, 0.29) is 48.4 Å². The Balaban J connectivity index is 1.08. The van der Waals surface area contributed by atoms with Crippen LogP contribution in [0, 0.1) is 11.8 Å². The zero-order valence-corrected chi connectivity index (χ0v) is 27.3. The van der Waals surface area contributed by atoms with E-state index in [2.05, 4.69) is 27.2 Å². The van der Waals surface area contributed by atoms with E-state index in [1.54, 1.807) is 35.0 Å². The molecule has 2 N–H and O–H groups in total. The van der Waals surface area contributed by atoms with Gasteiger partial charge in [-0.05, 0) is 50.2 Å². The van der Waals surface area contributed by atoms with E-state index in [0.29, 0.717) is 54.9 Å². The van der Waals surface area contributed by atoms with Gasteiger partial charge in [-0.15, -0.1) is 0 Å². The number of nitrogens with one attached hydrogen (secondary N) is 2. The number of guanidine groups is 1. The number of piperidine rings is 1. The van der Waals surface area contributed by atoms with Crippen molar-refractivity contribution in [1.29, 1.82) is 0 Å². The second kappa shape index (κ2) is 13.9. The Labute approximate surface area is 275 Å². The van der Waals surface area contributed by atoms with Crippen LogP contribution >= 0.6 is 0 Å². The molecule has 2 saturated carbocycles. The lowest BCUT2D eigenvalue weighted by Crippen LogP contribution is -2.37. The zero-order valence-electron chi connectivity index (χ0n) is 27.3. The molecule has 2 aliphatic carbocycles. The fourth-order valence-electron chi connectivity index (χ4n) is 6.95. The number of carbonyl (C=O) groups excluding carboxylic acids is 3. The van der Waals surface area contributed by atoms with Crippen LogP contribution in [0.15, 0.2) is 70.0 Å². The van der Waals surface area contributed by atoms with E-state index in [4.69, 9.17) is 14.5 Å². The van der Waals surface area contributed by atoms with Gasteiger partial charge in [0.05, 0.1) is 18.5 Å². The minimum Gasteiger partial charge on any atom is -0.495 e. The highest BCUT2D eigenvalue weighted by molar-refractivity contribution is 6.00. The van der Waals surface area contributed by atoms with E-state index in [1.165, 1.54) is 7.11 Å². The maximum atomic E-state index is 13.2. The van der Waals surface area contributed by atoms with Crippen LogP contribution in [0.1, 0.15) is 54.9 Å². The van der Waals surface area contributed by atoms with Gasteiger partial charge in [0.25, 0.3) is 5.91 Å². The molecule has 3 amide bonds. The van der Waals surface area contributed by atoms with Gasteiger partial charge in [0.15, 0.2) is 5.82 Å². The lowest BCUT2D eigenvalue weighted by molar-refractivity contribution is -0.127. The topological polar surface area (TPSA) is 128 Å². The maximum Gasteiger partial charge on any atom is 0.410 e. The fourth-order valence-corrected chi connectivity index (χ4v) is 6.95. The largest absolute Gasteiger partial charge is 0.495 e. The Hall–Kier alpha value is -4.87. The van der Waals surface area contributed by atoms with Crippen LogP contribution < -0.4 is 15.4 Å². The van der Waals surface area contributed by atoms with E-state index < -0.39 is 0 Å². The van der Waals surface area contributed by atoms with Crippen molar-refractivity contribution >= 4 is 36.3 Å². The third-order valence-electron chi connectivity index (χ3n) is 9.83. The summed E-state index contributed by atoms with van der Waals surface area (Å²) in [5, 5.41) is 6.34. The molecular formula is C35H43N7O5. The van der Waals surface area contributed by atoms with Gasteiger partial charge >= 0.3 is 6.09 Å². The number of hydrogen-bond donors (Lipinski definition) is 2. The van der Waals surface area contributed by atoms with Crippen molar-refractivity contribution in [2.75, 3.05) is 39.1 Å². The molecule has 2 aliphatic heterocycles. The molecular weight excluding hydrogens is 598 g/mol. The average Bonchev–Trinajstić information content (AvgIpc) is 3.45. The number of ether oxygens (including phenoxy) is 2. The van der Waals surface area contributed by atoms with E-state index in [9.17, 15) is 14.4 Å². The molecule has 47 heavy (non-hydrogen) atoms. The summed E-state index contributed by atoms with van der Waals surface area (Å²) >= 11 is 0. The predicted molar refractivity (Wildman–Crippen MR) is 179 cm³/mol. The summed E-state index contributed by atoms with van der Waals surface area (Å²) in [7, 11) is 3.32. The molecule has 0 spiro atoms. The van der Waals surface area contributed by atoms with Gasteiger partial charge in [-0.2, -0.15) is 4.99 Å². The molecule has 12 heteroatoms. The molecule has 0 bridgehead atoms. The minimum absolute atomic E-state index is 0.0112. The third kappa shape index (κ3) is 6.96. The second-order valence-electron chi connectivity index (χ2n) is 12.6. The third-order valence-corrected chi connectivity index (χ3v) is 9.83. The molecule has 3 atom stereocenters. The van der Waals surface area contributed by atoms with Crippen LogP contribution in [0.5, 0.6) is 5.75 Å². The van der Waals surface area contributed by atoms with Crippen molar-refractivity contribution in [1.82, 2.24) is 20.0 Å². The first-order valence-electron chi connectivity index (χ1n) is 16.3. The summed E-state index contributed by atoms with van der Waals surface area (Å²) in [6.45, 7) is 7.60. The normalized spacial score (nSPS) is 23.0. The van der Waals surface area contributed by atoms with Crippen LogP contribution in [-0.2, 0) is 16.1 Å². The van der Waals surface area contributed by atoms with Gasteiger partial charge in [-0.1, -0.05) is 43.2 Å². The van der Waals surface area contributed by atoms with E-state index >= 15 is 0 Å². The Morgan fingerprint density at radius 1 is 1.06 bits per heavy atom. The monoisotopic (exact) mass is 641 g/mol. The number of methoxy groups -OCH3 is 1. The lowest BCUT2D eigenvalue weighted by Gasteiger charge is -2.31. The quantitative estimate of drug-likeness (QED) is 0.322. The summed E-state index contributed by atoms with van der Waals surface area (Å²) in [5.74, 6) is 1.69. The molecule has 1 unspecified atom stereocenters. The number of allylic oxidation sites excluding steroid dienone is 1. The molecule has 3 fully saturated rings. The van der Waals surface area contributed by atoms with Crippen LogP contribution in [0.3, 0.4) is 0 Å². The van der Waals surface area contributed by atoms with Crippen molar-refractivity contribution in [2.45, 2.75) is 57.7 Å². The number of amides is 3. The van der Waals surface area contributed by atoms with E-state index in [1.807, 2.05) is 37.3 Å². The van der Waals surface area contributed by atoms with Crippen molar-refractivity contribution < 1.29 is 23.9 Å². The van der Waals surface area contributed by atoms with Crippen molar-refractivity contribution in [2.24, 2.45) is 21.8 Å². The van der Waals surface area contributed by atoms with Gasteiger partial charge in [-0.3, -0.25) is 9.59 Å². The summed E-state index contributed by atoms with van der Waals surface area (Å²) in [4.78, 5) is 53.1. The lowest BCUT2D eigenvalue weighted by atomic mass is 10.1. The van der Waals surface area contributed by atoms with Gasteiger partial charge in [-0.25, -0.2) is 9.79 Å². The van der Waals surface area contributed by atoms with Crippen LogP contribution in [0.2, 0.25) is 0 Å². The number of rotatable bonds is 8. The smallest absolute Gasteiger partial charge is 0.410 e. The van der Waals surface area contributed by atoms with Gasteiger partial charge in [0, 0.05) is 62.6 Å². The molecule has 2 aromatic carbocycles. The molecule has 2 aromatic rings. The standard InChI is InChI=1S/C35H43N7O5/c1-22-32(42(25-12-8-9-13-25)17-16-30(43)40(22)3)39-34(36-2)37-28-15-14-24(18-29(28)46-4)33(44)38-31-26-19-41(20-27(26)31)35(45)47-21-23-10-6-5-7-11-23/h5-7,10-11,14-15,18,25-27,31H,2,8-9,12-13,16-17,19-21H2,1,3-4H3,(H,37,39)(H,38,44)/t26-,27+,31?. The molecule has 4 aliphatic rings. The van der Waals surface area contributed by atoms with Crippen LogP contribution in [0.4, 0.5) is 10.5 Å². The Kier molecular flexibility index (Phi) is 9.46. The highest BCUT2D eigenvalue weighted by atomic mass is 16.6. The number of aliphatic imine (C=N–C) groups is 2. The first-order chi connectivity index (χ1) is 22.8. The fraction of sp³-hybridized carbons (Fsp3) is 0.457. The van der Waals surface area contributed by atoms with E-state index in [0.717, 1.165) is 36.9 Å². The molecule has 2 heterocycles. The second-order valence-corrected chi connectivity index (χ2v) is 12.6. The maximum absolute atomic E-state index is 13.2. The average molecular weight is 642 g/mol. The highest BCUT2D eigenvalue weighted by Gasteiger charge is 2.57. The number of anilines is 1. The van der Waals surface area contributed by atoms with Crippen molar-refractivity contribution in [3.8, 4) is 5.75 Å². The molecule has 12 nitrogen and oxygen atoms in total.